The molecule has 0 fully saturated rings. The van der Waals surface area contributed by atoms with E-state index in [-0.39, 0.29) is 0 Å². The fourth-order valence-corrected chi connectivity index (χ4v) is 5.16. The Hall–Kier alpha value is -2.34. The van der Waals surface area contributed by atoms with E-state index in [1.165, 1.54) is 62.9 Å². The second-order valence-electron chi connectivity index (χ2n) is 8.68. The molecule has 1 aliphatic carbocycles. The van der Waals surface area contributed by atoms with Crippen molar-refractivity contribution in [2.24, 2.45) is 0 Å². The summed E-state index contributed by atoms with van der Waals surface area (Å²) >= 11 is 0. The van der Waals surface area contributed by atoms with Crippen LogP contribution < -0.4 is 0 Å². The van der Waals surface area contributed by atoms with Gasteiger partial charge in [0.25, 0.3) is 0 Å². The molecule has 29 heavy (non-hydrogen) atoms. The Morgan fingerprint density at radius 2 is 1.41 bits per heavy atom. The lowest BCUT2D eigenvalue weighted by molar-refractivity contribution is 0.685. The Morgan fingerprint density at radius 1 is 0.759 bits per heavy atom. The summed E-state index contributed by atoms with van der Waals surface area (Å²) in [6.45, 7) is 9.16. The first-order valence-electron chi connectivity index (χ1n) is 11.5. The molecule has 0 aromatic heterocycles. The van der Waals surface area contributed by atoms with Crippen molar-refractivity contribution in [1.82, 2.24) is 0 Å². The maximum atomic E-state index is 2.50. The molecule has 1 atom stereocenters. The zero-order valence-corrected chi connectivity index (χ0v) is 18.5. The van der Waals surface area contributed by atoms with Crippen molar-refractivity contribution in [3.63, 3.8) is 0 Å². The highest BCUT2D eigenvalue weighted by molar-refractivity contribution is 5.72. The van der Waals surface area contributed by atoms with Crippen LogP contribution in [0.3, 0.4) is 0 Å². The van der Waals surface area contributed by atoms with Gasteiger partial charge < -0.3 is 0 Å². The highest BCUT2D eigenvalue weighted by Gasteiger charge is 2.23. The van der Waals surface area contributed by atoms with Gasteiger partial charge in [0.1, 0.15) is 0 Å². The highest BCUT2D eigenvalue weighted by atomic mass is 14.3. The third kappa shape index (κ3) is 3.90. The standard InChI is InChI=1S/C29H34/c1-5-10-21-13-14-29-27(15-21)19-26(18-24-11-8-9-12-28(24)29)25-16-22(6-2)20(4)23(7-3)17-25/h8-9,11-17,26H,5-7,10,18-19H2,1-4H3. The molecule has 0 aliphatic heterocycles. The molecule has 0 saturated carbocycles. The summed E-state index contributed by atoms with van der Waals surface area (Å²) < 4.78 is 0. The van der Waals surface area contributed by atoms with Crippen LogP contribution in [0.5, 0.6) is 0 Å². The van der Waals surface area contributed by atoms with Crippen LogP contribution in [0.2, 0.25) is 0 Å². The molecule has 0 bridgehead atoms. The van der Waals surface area contributed by atoms with E-state index in [2.05, 4.69) is 82.3 Å². The van der Waals surface area contributed by atoms with Crippen LogP contribution in [-0.4, -0.2) is 0 Å². The minimum atomic E-state index is 0.547. The topological polar surface area (TPSA) is 0 Å². The molecule has 0 saturated heterocycles. The molecular weight excluding hydrogens is 348 g/mol. The lowest BCUT2D eigenvalue weighted by atomic mass is 9.84. The predicted molar refractivity (Wildman–Crippen MR) is 126 cm³/mol. The summed E-state index contributed by atoms with van der Waals surface area (Å²) in [5, 5.41) is 0. The second kappa shape index (κ2) is 8.57. The summed E-state index contributed by atoms with van der Waals surface area (Å²) in [4.78, 5) is 0. The van der Waals surface area contributed by atoms with E-state index in [1.54, 1.807) is 0 Å². The molecule has 1 aliphatic rings. The van der Waals surface area contributed by atoms with Crippen molar-refractivity contribution >= 4 is 0 Å². The summed E-state index contributed by atoms with van der Waals surface area (Å²) in [7, 11) is 0. The Balaban J connectivity index is 1.84. The fraction of sp³-hybridized carbons (Fsp3) is 0.379. The summed E-state index contributed by atoms with van der Waals surface area (Å²) in [6.07, 6.45) is 6.88. The number of benzene rings is 3. The Labute approximate surface area is 177 Å². The summed E-state index contributed by atoms with van der Waals surface area (Å²) in [5.74, 6) is 0.547. The van der Waals surface area contributed by atoms with Gasteiger partial charge in [0.15, 0.2) is 0 Å². The first-order valence-corrected chi connectivity index (χ1v) is 11.5. The van der Waals surface area contributed by atoms with Crippen molar-refractivity contribution in [2.75, 3.05) is 0 Å². The maximum Gasteiger partial charge on any atom is -0.00804 e. The van der Waals surface area contributed by atoms with Gasteiger partial charge in [-0.3, -0.25) is 0 Å². The zero-order chi connectivity index (χ0) is 20.4. The molecule has 3 aromatic rings. The van der Waals surface area contributed by atoms with E-state index in [9.17, 15) is 0 Å². The first kappa shape index (κ1) is 20.0. The Bertz CT molecular complexity index is 983. The second-order valence-corrected chi connectivity index (χ2v) is 8.68. The van der Waals surface area contributed by atoms with Gasteiger partial charge in [-0.25, -0.2) is 0 Å². The number of rotatable bonds is 5. The third-order valence-electron chi connectivity index (χ3n) is 6.83. The number of hydrogen-bond acceptors (Lipinski definition) is 0. The smallest absolute Gasteiger partial charge is 0.00804 e. The number of fused-ring (bicyclic) bond motifs is 3. The molecule has 150 valence electrons. The van der Waals surface area contributed by atoms with Gasteiger partial charge in [0, 0.05) is 0 Å². The van der Waals surface area contributed by atoms with Crippen molar-refractivity contribution in [3.05, 3.63) is 93.5 Å². The molecule has 0 radical (unpaired) electrons. The summed E-state index contributed by atoms with van der Waals surface area (Å²) in [5.41, 5.74) is 13.5. The van der Waals surface area contributed by atoms with Gasteiger partial charge in [0.05, 0.1) is 0 Å². The van der Waals surface area contributed by atoms with E-state index in [1.807, 2.05) is 0 Å². The van der Waals surface area contributed by atoms with Crippen molar-refractivity contribution in [3.8, 4) is 11.1 Å². The third-order valence-corrected chi connectivity index (χ3v) is 6.83. The van der Waals surface area contributed by atoms with Crippen LogP contribution in [0.1, 0.15) is 72.1 Å². The van der Waals surface area contributed by atoms with E-state index in [0.717, 1.165) is 25.7 Å². The average Bonchev–Trinajstić information content (AvgIpc) is 2.90. The van der Waals surface area contributed by atoms with Crippen LogP contribution in [0.4, 0.5) is 0 Å². The average molecular weight is 383 g/mol. The van der Waals surface area contributed by atoms with Crippen molar-refractivity contribution in [1.29, 1.82) is 0 Å². The van der Waals surface area contributed by atoms with Crippen LogP contribution in [-0.2, 0) is 32.1 Å². The molecule has 0 N–H and O–H groups in total. The highest BCUT2D eigenvalue weighted by Crippen LogP contribution is 2.39. The molecule has 0 spiro atoms. The zero-order valence-electron chi connectivity index (χ0n) is 18.5. The van der Waals surface area contributed by atoms with E-state index >= 15 is 0 Å². The van der Waals surface area contributed by atoms with Crippen LogP contribution in [0, 0.1) is 6.92 Å². The van der Waals surface area contributed by atoms with E-state index < -0.39 is 0 Å². The number of hydrogen-bond donors (Lipinski definition) is 0. The van der Waals surface area contributed by atoms with Crippen LogP contribution in [0.25, 0.3) is 11.1 Å². The van der Waals surface area contributed by atoms with Crippen LogP contribution >= 0.6 is 0 Å². The Morgan fingerprint density at radius 3 is 2.10 bits per heavy atom. The van der Waals surface area contributed by atoms with Gasteiger partial charge >= 0.3 is 0 Å². The molecule has 3 aromatic carbocycles. The van der Waals surface area contributed by atoms with Crippen LogP contribution in [0.15, 0.2) is 54.6 Å². The van der Waals surface area contributed by atoms with Gasteiger partial charge in [0.2, 0.25) is 0 Å². The quantitative estimate of drug-likeness (QED) is 0.426. The molecule has 0 nitrogen and oxygen atoms in total. The monoisotopic (exact) mass is 382 g/mol. The molecule has 0 heteroatoms. The van der Waals surface area contributed by atoms with Gasteiger partial charge in [-0.05, 0) is 95.0 Å². The van der Waals surface area contributed by atoms with Crippen molar-refractivity contribution in [2.45, 2.75) is 72.1 Å². The SMILES string of the molecule is CCCc1ccc2c(c1)CC(c1cc(CC)c(C)c(CC)c1)Cc1ccccc1-2. The molecule has 4 rings (SSSR count). The first-order chi connectivity index (χ1) is 14.1. The summed E-state index contributed by atoms with van der Waals surface area (Å²) in [6, 6.07) is 21.3. The van der Waals surface area contributed by atoms with Gasteiger partial charge in [-0.2, -0.15) is 0 Å². The fourth-order valence-electron chi connectivity index (χ4n) is 5.16. The Kier molecular flexibility index (Phi) is 5.90. The normalized spacial score (nSPS) is 15.5. The predicted octanol–water partition coefficient (Wildman–Crippen LogP) is 7.62. The van der Waals surface area contributed by atoms with Gasteiger partial charge in [-0.15, -0.1) is 0 Å². The van der Waals surface area contributed by atoms with Crippen molar-refractivity contribution < 1.29 is 0 Å². The lowest BCUT2D eigenvalue weighted by Gasteiger charge is -2.20. The largest absolute Gasteiger partial charge is 0.0651 e. The minimum absolute atomic E-state index is 0.547. The maximum absolute atomic E-state index is 2.50. The minimum Gasteiger partial charge on any atom is -0.0651 e. The molecule has 1 unspecified atom stereocenters. The van der Waals surface area contributed by atoms with E-state index in [4.69, 9.17) is 0 Å². The molecule has 0 amide bonds. The van der Waals surface area contributed by atoms with E-state index in [0.29, 0.717) is 5.92 Å². The molecule has 0 heterocycles. The molecular formula is C29H34. The van der Waals surface area contributed by atoms with Gasteiger partial charge in [-0.1, -0.05) is 81.8 Å². The number of aryl methyl sites for hydroxylation is 3. The lowest BCUT2D eigenvalue weighted by Crippen LogP contribution is -2.08.